The van der Waals surface area contributed by atoms with Crippen molar-refractivity contribution in [1.29, 1.82) is 0 Å². The standard InChI is InChI=1S/C11H14/c1-3-4-5-11-8-6-10(2)7-9-11/h3-8H,9H2,1-2H3/b4-3+,11-5+. The average Bonchev–Trinajstić information content (AvgIpc) is 2.04. The van der Waals surface area contributed by atoms with Crippen LogP contribution in [0.15, 0.2) is 47.6 Å². The molecule has 0 N–H and O–H groups in total. The summed E-state index contributed by atoms with van der Waals surface area (Å²) in [6.07, 6.45) is 13.9. The lowest BCUT2D eigenvalue weighted by Crippen LogP contribution is -1.83. The predicted molar refractivity (Wildman–Crippen MR) is 50.4 cm³/mol. The number of rotatable bonds is 1. The molecule has 0 unspecified atom stereocenters. The van der Waals surface area contributed by atoms with E-state index in [1.165, 1.54) is 11.1 Å². The maximum absolute atomic E-state index is 2.25. The van der Waals surface area contributed by atoms with Crippen LogP contribution in [0.5, 0.6) is 0 Å². The highest BCUT2D eigenvalue weighted by Gasteiger charge is 1.94. The zero-order chi connectivity index (χ0) is 8.10. The molecule has 0 saturated heterocycles. The minimum Gasteiger partial charge on any atom is -0.0877 e. The highest BCUT2D eigenvalue weighted by molar-refractivity contribution is 5.36. The fraction of sp³-hybridized carbons (Fsp3) is 0.273. The van der Waals surface area contributed by atoms with Gasteiger partial charge < -0.3 is 0 Å². The van der Waals surface area contributed by atoms with Gasteiger partial charge in [-0.3, -0.25) is 0 Å². The van der Waals surface area contributed by atoms with Crippen LogP contribution in [0, 0.1) is 0 Å². The summed E-state index contributed by atoms with van der Waals surface area (Å²) in [6, 6.07) is 0. The molecule has 11 heavy (non-hydrogen) atoms. The Balaban J connectivity index is 2.62. The third-order valence-corrected chi connectivity index (χ3v) is 1.72. The van der Waals surface area contributed by atoms with Gasteiger partial charge in [-0.1, -0.05) is 42.0 Å². The highest BCUT2D eigenvalue weighted by atomic mass is 14.0. The van der Waals surface area contributed by atoms with Gasteiger partial charge in [0.15, 0.2) is 0 Å². The van der Waals surface area contributed by atoms with Crippen LogP contribution in [0.2, 0.25) is 0 Å². The van der Waals surface area contributed by atoms with Crippen molar-refractivity contribution in [2.75, 3.05) is 0 Å². The summed E-state index contributed by atoms with van der Waals surface area (Å²) in [5.41, 5.74) is 2.75. The molecule has 0 saturated carbocycles. The van der Waals surface area contributed by atoms with E-state index in [0.29, 0.717) is 0 Å². The van der Waals surface area contributed by atoms with E-state index in [1.54, 1.807) is 0 Å². The molecular weight excluding hydrogens is 132 g/mol. The number of hydrogen-bond donors (Lipinski definition) is 0. The van der Waals surface area contributed by atoms with E-state index in [0.717, 1.165) is 6.42 Å². The van der Waals surface area contributed by atoms with Gasteiger partial charge in [0.1, 0.15) is 0 Å². The molecule has 1 aliphatic carbocycles. The van der Waals surface area contributed by atoms with Gasteiger partial charge in [-0.2, -0.15) is 0 Å². The summed E-state index contributed by atoms with van der Waals surface area (Å²) < 4.78 is 0. The van der Waals surface area contributed by atoms with Gasteiger partial charge >= 0.3 is 0 Å². The number of hydrogen-bond acceptors (Lipinski definition) is 0. The van der Waals surface area contributed by atoms with Crippen LogP contribution >= 0.6 is 0 Å². The monoisotopic (exact) mass is 146 g/mol. The van der Waals surface area contributed by atoms with Gasteiger partial charge in [-0.25, -0.2) is 0 Å². The Kier molecular flexibility index (Phi) is 2.91. The maximum Gasteiger partial charge on any atom is -0.00917 e. The van der Waals surface area contributed by atoms with Crippen LogP contribution in [0.25, 0.3) is 0 Å². The largest absolute Gasteiger partial charge is 0.0877 e. The third-order valence-electron chi connectivity index (χ3n) is 1.72. The topological polar surface area (TPSA) is 0 Å². The van der Waals surface area contributed by atoms with Crippen molar-refractivity contribution in [2.24, 2.45) is 0 Å². The van der Waals surface area contributed by atoms with Gasteiger partial charge in [0.2, 0.25) is 0 Å². The molecule has 0 bridgehead atoms. The molecule has 0 aromatic carbocycles. The smallest absolute Gasteiger partial charge is 0.00917 e. The first-order valence-electron chi connectivity index (χ1n) is 3.99. The fourth-order valence-electron chi connectivity index (χ4n) is 0.997. The third kappa shape index (κ3) is 2.58. The van der Waals surface area contributed by atoms with Gasteiger partial charge in [-0.05, 0) is 25.8 Å². The van der Waals surface area contributed by atoms with Gasteiger partial charge in [0.05, 0.1) is 0 Å². The molecule has 0 amide bonds. The highest BCUT2D eigenvalue weighted by Crippen LogP contribution is 2.14. The Hall–Kier alpha value is -1.04. The first-order chi connectivity index (χ1) is 5.33. The first-order valence-corrected chi connectivity index (χ1v) is 3.99. The zero-order valence-corrected chi connectivity index (χ0v) is 7.17. The quantitative estimate of drug-likeness (QED) is 0.532. The minimum absolute atomic E-state index is 1.08. The SMILES string of the molecule is C/C=C/C=C1\C=CC(C)=CC1. The molecular formula is C11H14. The van der Waals surface area contributed by atoms with E-state index < -0.39 is 0 Å². The summed E-state index contributed by atoms with van der Waals surface area (Å²) in [5, 5.41) is 0. The second-order valence-electron chi connectivity index (χ2n) is 2.75. The summed E-state index contributed by atoms with van der Waals surface area (Å²) >= 11 is 0. The molecule has 0 nitrogen and oxygen atoms in total. The zero-order valence-electron chi connectivity index (χ0n) is 7.17. The molecule has 0 aliphatic heterocycles. The van der Waals surface area contributed by atoms with E-state index in [9.17, 15) is 0 Å². The van der Waals surface area contributed by atoms with Crippen molar-refractivity contribution in [3.63, 3.8) is 0 Å². The Morgan fingerprint density at radius 3 is 2.73 bits per heavy atom. The lowest BCUT2D eigenvalue weighted by molar-refractivity contribution is 1.22. The molecule has 0 aromatic heterocycles. The van der Waals surface area contributed by atoms with Crippen LogP contribution in [-0.2, 0) is 0 Å². The second kappa shape index (κ2) is 3.97. The van der Waals surface area contributed by atoms with Crippen molar-refractivity contribution < 1.29 is 0 Å². The van der Waals surface area contributed by atoms with Crippen LogP contribution in [0.4, 0.5) is 0 Å². The molecule has 1 rings (SSSR count). The van der Waals surface area contributed by atoms with E-state index >= 15 is 0 Å². The average molecular weight is 146 g/mol. The lowest BCUT2D eigenvalue weighted by atomic mass is 10.0. The molecule has 1 aliphatic rings. The summed E-state index contributed by atoms with van der Waals surface area (Å²) in [7, 11) is 0. The summed E-state index contributed by atoms with van der Waals surface area (Å²) in [6.45, 7) is 4.16. The van der Waals surface area contributed by atoms with Gasteiger partial charge in [0, 0.05) is 0 Å². The Bertz CT molecular complexity index is 237. The van der Waals surface area contributed by atoms with Gasteiger partial charge in [-0.15, -0.1) is 0 Å². The first kappa shape index (κ1) is 8.06. The van der Waals surface area contributed by atoms with Crippen molar-refractivity contribution >= 4 is 0 Å². The fourth-order valence-corrected chi connectivity index (χ4v) is 0.997. The van der Waals surface area contributed by atoms with Crippen LogP contribution in [-0.4, -0.2) is 0 Å². The van der Waals surface area contributed by atoms with E-state index in [4.69, 9.17) is 0 Å². The van der Waals surface area contributed by atoms with Crippen molar-refractivity contribution in [3.8, 4) is 0 Å². The molecule has 58 valence electrons. The second-order valence-corrected chi connectivity index (χ2v) is 2.75. The molecule has 0 aromatic rings. The summed E-state index contributed by atoms with van der Waals surface area (Å²) in [4.78, 5) is 0. The van der Waals surface area contributed by atoms with E-state index in [1.807, 2.05) is 13.0 Å². The van der Waals surface area contributed by atoms with Crippen molar-refractivity contribution in [1.82, 2.24) is 0 Å². The summed E-state index contributed by atoms with van der Waals surface area (Å²) in [5.74, 6) is 0. The van der Waals surface area contributed by atoms with E-state index in [2.05, 4.69) is 37.3 Å². The molecule has 0 atom stereocenters. The molecule has 0 radical (unpaired) electrons. The van der Waals surface area contributed by atoms with E-state index in [-0.39, 0.29) is 0 Å². The molecule has 0 spiro atoms. The van der Waals surface area contributed by atoms with Gasteiger partial charge in [0.25, 0.3) is 0 Å². The Morgan fingerprint density at radius 1 is 1.36 bits per heavy atom. The minimum atomic E-state index is 1.08. The Morgan fingerprint density at radius 2 is 2.18 bits per heavy atom. The predicted octanol–water partition coefficient (Wildman–Crippen LogP) is 3.40. The van der Waals surface area contributed by atoms with Crippen molar-refractivity contribution in [2.45, 2.75) is 20.3 Å². The molecule has 0 fully saturated rings. The Labute approximate surface area is 68.6 Å². The lowest BCUT2D eigenvalue weighted by Gasteiger charge is -2.03. The van der Waals surface area contributed by atoms with Crippen LogP contribution in [0.1, 0.15) is 20.3 Å². The normalized spacial score (nSPS) is 21.3. The van der Waals surface area contributed by atoms with Crippen molar-refractivity contribution in [3.05, 3.63) is 47.6 Å². The number of allylic oxidation sites excluding steroid dienone is 8. The van der Waals surface area contributed by atoms with Crippen LogP contribution < -0.4 is 0 Å². The van der Waals surface area contributed by atoms with Crippen LogP contribution in [0.3, 0.4) is 0 Å². The molecule has 0 heterocycles. The molecule has 0 heteroatoms. The maximum atomic E-state index is 2.25.